The number of nitrogens with one attached hydrogen (secondary N) is 2. The van der Waals surface area contributed by atoms with Crippen LogP contribution in [0.25, 0.3) is 11.0 Å². The third kappa shape index (κ3) is 4.03. The van der Waals surface area contributed by atoms with Crippen molar-refractivity contribution < 1.29 is 9.53 Å². The number of hydrogen-bond donors (Lipinski definition) is 2. The summed E-state index contributed by atoms with van der Waals surface area (Å²) in [6.45, 7) is 3.55. The van der Waals surface area contributed by atoms with Crippen molar-refractivity contribution in [2.75, 3.05) is 25.1 Å². The summed E-state index contributed by atoms with van der Waals surface area (Å²) in [5, 5.41) is 3.68. The summed E-state index contributed by atoms with van der Waals surface area (Å²) >= 11 is 6.14. The summed E-state index contributed by atoms with van der Waals surface area (Å²) in [7, 11) is 1.62. The number of aryl methyl sites for hydroxylation is 1. The zero-order chi connectivity index (χ0) is 22.1. The molecule has 0 bridgehead atoms. The summed E-state index contributed by atoms with van der Waals surface area (Å²) in [6.07, 6.45) is 0.779. The van der Waals surface area contributed by atoms with E-state index in [0.717, 1.165) is 24.4 Å². The van der Waals surface area contributed by atoms with Crippen LogP contribution in [0, 0.1) is 0 Å². The molecule has 0 spiro atoms. The Morgan fingerprint density at radius 1 is 1.26 bits per heavy atom. The normalized spacial score (nSPS) is 16.0. The van der Waals surface area contributed by atoms with Gasteiger partial charge in [-0.15, -0.1) is 0 Å². The first-order valence-electron chi connectivity index (χ1n) is 10.1. The molecule has 1 aromatic heterocycles. The highest BCUT2D eigenvalue weighted by atomic mass is 35.5. The fraction of sp³-hybridized carbons (Fsp3) is 0.318. The number of halogens is 1. The molecule has 0 radical (unpaired) electrons. The molecule has 2 N–H and O–H groups in total. The average molecular weight is 443 g/mol. The van der Waals surface area contributed by atoms with Gasteiger partial charge < -0.3 is 24.5 Å². The minimum absolute atomic E-state index is 0.0458. The van der Waals surface area contributed by atoms with E-state index in [1.54, 1.807) is 38.3 Å². The van der Waals surface area contributed by atoms with Gasteiger partial charge in [-0.3, -0.25) is 14.4 Å². The molecule has 9 heteroatoms. The zero-order valence-electron chi connectivity index (χ0n) is 17.3. The molecule has 1 saturated heterocycles. The van der Waals surface area contributed by atoms with Crippen molar-refractivity contribution in [1.29, 1.82) is 0 Å². The number of rotatable bonds is 5. The number of anilines is 1. The molecule has 1 unspecified atom stereocenters. The minimum Gasteiger partial charge on any atom is -0.495 e. The van der Waals surface area contributed by atoms with Crippen LogP contribution in [0.1, 0.15) is 23.7 Å². The van der Waals surface area contributed by atoms with E-state index in [1.165, 1.54) is 4.57 Å². The molecule has 1 atom stereocenters. The number of H-pyrrole nitrogens is 1. The Hall–Kier alpha value is -3.26. The van der Waals surface area contributed by atoms with Gasteiger partial charge in [-0.1, -0.05) is 11.6 Å². The number of fused-ring (bicyclic) bond motifs is 1. The number of hydrogen-bond acceptors (Lipinski definition) is 5. The van der Waals surface area contributed by atoms with Crippen molar-refractivity contribution in [3.8, 4) is 5.75 Å². The minimum atomic E-state index is -0.700. The first-order valence-corrected chi connectivity index (χ1v) is 10.4. The molecular weight excluding hydrogens is 420 g/mol. The Bertz CT molecular complexity index is 1270. The van der Waals surface area contributed by atoms with Gasteiger partial charge >= 0.3 is 11.1 Å². The van der Waals surface area contributed by atoms with E-state index in [-0.39, 0.29) is 11.9 Å². The van der Waals surface area contributed by atoms with Gasteiger partial charge in [0.2, 0.25) is 0 Å². The highest BCUT2D eigenvalue weighted by molar-refractivity contribution is 6.31. The van der Waals surface area contributed by atoms with Crippen molar-refractivity contribution in [2.45, 2.75) is 25.9 Å². The number of benzene rings is 2. The number of amides is 1. The molecule has 1 amide bonds. The van der Waals surface area contributed by atoms with Gasteiger partial charge in [-0.25, -0.2) is 0 Å². The van der Waals surface area contributed by atoms with Crippen LogP contribution >= 0.6 is 11.6 Å². The summed E-state index contributed by atoms with van der Waals surface area (Å²) in [5.74, 6) is 0.499. The van der Waals surface area contributed by atoms with Crippen LogP contribution in [-0.4, -0.2) is 41.7 Å². The smallest absolute Gasteiger partial charge is 0.316 e. The van der Waals surface area contributed by atoms with Crippen LogP contribution < -0.4 is 26.1 Å². The molecular formula is C22H23ClN4O4. The van der Waals surface area contributed by atoms with Gasteiger partial charge in [0.15, 0.2) is 0 Å². The van der Waals surface area contributed by atoms with Crippen LogP contribution in [0.5, 0.6) is 5.75 Å². The zero-order valence-corrected chi connectivity index (χ0v) is 18.0. The highest BCUT2D eigenvalue weighted by Crippen LogP contribution is 2.33. The average Bonchev–Trinajstić information content (AvgIpc) is 3.22. The molecule has 162 valence electrons. The number of aromatic nitrogens is 2. The van der Waals surface area contributed by atoms with Crippen molar-refractivity contribution >= 4 is 34.2 Å². The van der Waals surface area contributed by atoms with Crippen LogP contribution in [0.4, 0.5) is 5.69 Å². The quantitative estimate of drug-likeness (QED) is 0.591. The van der Waals surface area contributed by atoms with Crippen LogP contribution in [0.15, 0.2) is 46.0 Å². The largest absolute Gasteiger partial charge is 0.495 e. The number of carbonyl (C=O) groups is 1. The van der Waals surface area contributed by atoms with Gasteiger partial charge in [0.05, 0.1) is 23.8 Å². The Morgan fingerprint density at radius 2 is 2.06 bits per heavy atom. The molecule has 2 heterocycles. The Morgan fingerprint density at radius 3 is 2.81 bits per heavy atom. The maximum atomic E-state index is 12.8. The van der Waals surface area contributed by atoms with E-state index in [1.807, 2.05) is 12.1 Å². The first-order chi connectivity index (χ1) is 14.9. The monoisotopic (exact) mass is 442 g/mol. The van der Waals surface area contributed by atoms with Gasteiger partial charge in [-0.05, 0) is 49.7 Å². The second-order valence-corrected chi connectivity index (χ2v) is 7.89. The van der Waals surface area contributed by atoms with E-state index < -0.39 is 11.1 Å². The fourth-order valence-electron chi connectivity index (χ4n) is 4.01. The second kappa shape index (κ2) is 8.47. The first kappa shape index (κ1) is 21.0. The Kier molecular flexibility index (Phi) is 5.73. The Labute approximate surface area is 183 Å². The summed E-state index contributed by atoms with van der Waals surface area (Å²) < 4.78 is 6.83. The predicted octanol–water partition coefficient (Wildman–Crippen LogP) is 2.38. The van der Waals surface area contributed by atoms with E-state index in [4.69, 9.17) is 16.3 Å². The molecule has 3 aromatic rings. The lowest BCUT2D eigenvalue weighted by molar-refractivity contribution is 0.0940. The third-order valence-corrected chi connectivity index (χ3v) is 5.79. The molecule has 1 aliphatic heterocycles. The van der Waals surface area contributed by atoms with Crippen molar-refractivity contribution in [2.24, 2.45) is 0 Å². The molecule has 31 heavy (non-hydrogen) atoms. The standard InChI is InChI=1S/C22H23ClN4O4/c1-3-27-17-6-4-13(10-16(17)25-21(29)22(27)30)20(28)24-15-8-9-26(12-15)18-11-14(23)5-7-19(18)31-2/h4-7,10-11,15H,3,8-9,12H2,1-2H3,(H,24,28)(H,25,29). The molecule has 2 aromatic carbocycles. The number of aromatic amines is 1. The van der Waals surface area contributed by atoms with E-state index in [0.29, 0.717) is 34.7 Å². The SMILES string of the molecule is CCn1c(=O)c(=O)[nH]c2cc(C(=O)NC3CCN(c4cc(Cl)ccc4OC)C3)ccc21. The molecule has 0 saturated carbocycles. The van der Waals surface area contributed by atoms with Crippen LogP contribution in [0.3, 0.4) is 0 Å². The Balaban J connectivity index is 1.52. The van der Waals surface area contributed by atoms with Crippen molar-refractivity contribution in [3.63, 3.8) is 0 Å². The van der Waals surface area contributed by atoms with Crippen molar-refractivity contribution in [1.82, 2.24) is 14.9 Å². The fourth-order valence-corrected chi connectivity index (χ4v) is 4.18. The number of ether oxygens (including phenoxy) is 1. The van der Waals surface area contributed by atoms with Gasteiger partial charge in [-0.2, -0.15) is 0 Å². The molecule has 0 aliphatic carbocycles. The molecule has 8 nitrogen and oxygen atoms in total. The van der Waals surface area contributed by atoms with Crippen molar-refractivity contribution in [3.05, 3.63) is 67.7 Å². The topological polar surface area (TPSA) is 96.4 Å². The lowest BCUT2D eigenvalue weighted by atomic mass is 10.1. The predicted molar refractivity (Wildman–Crippen MR) is 121 cm³/mol. The van der Waals surface area contributed by atoms with E-state index >= 15 is 0 Å². The van der Waals surface area contributed by atoms with E-state index in [9.17, 15) is 14.4 Å². The highest BCUT2D eigenvalue weighted by Gasteiger charge is 2.26. The molecule has 1 fully saturated rings. The van der Waals surface area contributed by atoms with E-state index in [2.05, 4.69) is 15.2 Å². The number of carbonyl (C=O) groups excluding carboxylic acids is 1. The summed E-state index contributed by atoms with van der Waals surface area (Å²) in [6, 6.07) is 10.4. The summed E-state index contributed by atoms with van der Waals surface area (Å²) in [5.41, 5.74) is 1.05. The van der Waals surface area contributed by atoms with Gasteiger partial charge in [0, 0.05) is 36.3 Å². The second-order valence-electron chi connectivity index (χ2n) is 7.46. The summed E-state index contributed by atoms with van der Waals surface area (Å²) in [4.78, 5) is 41.4. The number of methoxy groups -OCH3 is 1. The molecule has 4 rings (SSSR count). The van der Waals surface area contributed by atoms with Gasteiger partial charge in [0.1, 0.15) is 5.75 Å². The maximum absolute atomic E-state index is 12.8. The lowest BCUT2D eigenvalue weighted by Gasteiger charge is -2.22. The molecule has 1 aliphatic rings. The number of nitrogens with zero attached hydrogens (tertiary/aromatic N) is 2. The van der Waals surface area contributed by atoms with Gasteiger partial charge in [0.25, 0.3) is 5.91 Å². The van der Waals surface area contributed by atoms with Crippen LogP contribution in [-0.2, 0) is 6.54 Å². The lowest BCUT2D eigenvalue weighted by Crippen LogP contribution is -2.37. The third-order valence-electron chi connectivity index (χ3n) is 5.56. The maximum Gasteiger partial charge on any atom is 0.316 e. The van der Waals surface area contributed by atoms with Crippen LogP contribution in [0.2, 0.25) is 5.02 Å².